The van der Waals surface area contributed by atoms with Crippen LogP contribution in [-0.2, 0) is 10.3 Å². The molecule has 11 heteroatoms. The van der Waals surface area contributed by atoms with Gasteiger partial charge in [0.15, 0.2) is 11.2 Å². The summed E-state index contributed by atoms with van der Waals surface area (Å²) in [6, 6.07) is 1.70. The van der Waals surface area contributed by atoms with Crippen LogP contribution in [0.15, 0.2) is 12.3 Å². The number of primary amides is 1. The van der Waals surface area contributed by atoms with Crippen molar-refractivity contribution in [3.8, 4) is 0 Å². The van der Waals surface area contributed by atoms with Gasteiger partial charge >= 0.3 is 12.3 Å². The van der Waals surface area contributed by atoms with E-state index in [0.717, 1.165) is 25.7 Å². The lowest BCUT2D eigenvalue weighted by molar-refractivity contribution is -0.202. The number of imidazole rings is 1. The van der Waals surface area contributed by atoms with E-state index in [1.165, 1.54) is 16.8 Å². The van der Waals surface area contributed by atoms with Gasteiger partial charge in [-0.3, -0.25) is 0 Å². The van der Waals surface area contributed by atoms with E-state index >= 15 is 0 Å². The van der Waals surface area contributed by atoms with Crippen LogP contribution in [0.25, 0.3) is 5.65 Å². The van der Waals surface area contributed by atoms with Crippen LogP contribution >= 0.6 is 22.6 Å². The number of hydrogen-bond acceptors (Lipinski definition) is 5. The molecule has 2 aromatic heterocycles. The van der Waals surface area contributed by atoms with E-state index in [2.05, 4.69) is 15.4 Å². The number of aromatic nitrogens is 3. The topological polar surface area (TPSA) is 94.5 Å². The maximum atomic E-state index is 13.8. The van der Waals surface area contributed by atoms with Crippen LogP contribution in [0.4, 0.5) is 23.8 Å². The highest BCUT2D eigenvalue weighted by Gasteiger charge is 2.55. The number of hydrogen-bond donors (Lipinski definition) is 2. The van der Waals surface area contributed by atoms with E-state index in [-0.39, 0.29) is 17.3 Å². The van der Waals surface area contributed by atoms with Crippen molar-refractivity contribution in [1.82, 2.24) is 14.6 Å². The number of rotatable bonds is 5. The Hall–Kier alpha value is -1.79. The Kier molecular flexibility index (Phi) is 6.14. The van der Waals surface area contributed by atoms with Gasteiger partial charge in [0.2, 0.25) is 0 Å². The van der Waals surface area contributed by atoms with Crippen LogP contribution in [-0.4, -0.2) is 32.9 Å². The fraction of sp³-hybridized carbons (Fsp3) is 0.632. The lowest BCUT2D eigenvalue weighted by Gasteiger charge is -2.44. The van der Waals surface area contributed by atoms with Gasteiger partial charge in [0, 0.05) is 17.0 Å². The van der Waals surface area contributed by atoms with Crippen LogP contribution in [0, 0.1) is 9.12 Å². The molecule has 1 fully saturated rings. The van der Waals surface area contributed by atoms with E-state index in [1.807, 2.05) is 22.6 Å². The average Bonchev–Trinajstić information content (AvgIpc) is 3.21. The third-order valence-electron chi connectivity index (χ3n) is 5.50. The molecule has 1 aliphatic carbocycles. The zero-order valence-corrected chi connectivity index (χ0v) is 19.2. The molecule has 3 rings (SSSR count). The maximum Gasteiger partial charge on any atom is 0.405 e. The van der Waals surface area contributed by atoms with Crippen molar-refractivity contribution in [1.29, 1.82) is 0 Å². The smallest absolute Gasteiger partial charge is 0.405 e. The minimum atomic E-state index is -4.62. The highest BCUT2D eigenvalue weighted by molar-refractivity contribution is 14.1. The van der Waals surface area contributed by atoms with Crippen molar-refractivity contribution in [2.75, 3.05) is 5.32 Å². The lowest BCUT2D eigenvalue weighted by atomic mass is 9.70. The maximum absolute atomic E-state index is 13.8. The Morgan fingerprint density at radius 2 is 1.97 bits per heavy atom. The second-order valence-electron chi connectivity index (χ2n) is 8.68. The van der Waals surface area contributed by atoms with Crippen molar-refractivity contribution < 1.29 is 22.7 Å². The minimum absolute atomic E-state index is 0.115. The van der Waals surface area contributed by atoms with Crippen LogP contribution in [0.2, 0.25) is 0 Å². The van der Waals surface area contributed by atoms with Crippen LogP contribution in [0.5, 0.6) is 0 Å². The Labute approximate surface area is 186 Å². The molecule has 1 amide bonds. The van der Waals surface area contributed by atoms with Crippen LogP contribution in [0.3, 0.4) is 0 Å². The van der Waals surface area contributed by atoms with Gasteiger partial charge in [-0.1, -0.05) is 33.6 Å². The number of carbonyl (C=O) groups excluding carboxylic acids is 1. The summed E-state index contributed by atoms with van der Waals surface area (Å²) >= 11 is 2.01. The van der Waals surface area contributed by atoms with Gasteiger partial charge in [-0.25, -0.2) is 14.3 Å². The molecule has 0 spiro atoms. The number of nitrogens with two attached hydrogens (primary N) is 1. The molecule has 30 heavy (non-hydrogen) atoms. The molecule has 2 aromatic rings. The molecular weight excluding hydrogens is 514 g/mol. The summed E-state index contributed by atoms with van der Waals surface area (Å²) in [5.41, 5.74) is 2.32. The molecule has 0 radical (unpaired) electrons. The van der Waals surface area contributed by atoms with Crippen molar-refractivity contribution in [2.24, 2.45) is 11.1 Å². The number of halogens is 4. The number of fused-ring (bicyclic) bond motifs is 1. The Bertz CT molecular complexity index is 935. The molecule has 166 valence electrons. The molecule has 1 unspecified atom stereocenters. The number of nitrogens with zero attached hydrogens (tertiary/aromatic N) is 3. The van der Waals surface area contributed by atoms with Crippen LogP contribution < -0.4 is 11.1 Å². The predicted octanol–water partition coefficient (Wildman–Crippen LogP) is 4.98. The minimum Gasteiger partial charge on any atom is -0.437 e. The van der Waals surface area contributed by atoms with Crippen molar-refractivity contribution in [2.45, 2.75) is 70.7 Å². The zero-order chi connectivity index (χ0) is 22.3. The average molecular weight is 539 g/mol. The molecule has 0 bridgehead atoms. The van der Waals surface area contributed by atoms with Gasteiger partial charge in [-0.05, 0) is 41.5 Å². The molecule has 1 saturated carbocycles. The lowest BCUT2D eigenvalue weighted by Crippen LogP contribution is -2.48. The summed E-state index contributed by atoms with van der Waals surface area (Å²) in [6.07, 6.45) is -1.71. The summed E-state index contributed by atoms with van der Waals surface area (Å²) in [6.45, 7) is 4.74. The molecule has 7 nitrogen and oxygen atoms in total. The van der Waals surface area contributed by atoms with Crippen molar-refractivity contribution in [3.63, 3.8) is 0 Å². The normalized spacial score (nSPS) is 17.8. The van der Waals surface area contributed by atoms with E-state index in [9.17, 15) is 18.0 Å². The predicted molar refractivity (Wildman–Crippen MR) is 114 cm³/mol. The summed E-state index contributed by atoms with van der Waals surface area (Å²) in [4.78, 5) is 16.1. The number of nitrogens with one attached hydrogen (secondary N) is 1. The van der Waals surface area contributed by atoms with Gasteiger partial charge in [0.1, 0.15) is 9.52 Å². The molecule has 2 heterocycles. The first-order chi connectivity index (χ1) is 13.8. The largest absolute Gasteiger partial charge is 0.437 e. The van der Waals surface area contributed by atoms with Gasteiger partial charge in [0.25, 0.3) is 0 Å². The SMILES string of the molecule is CC(C)(C)C(CC(F)(F)F)(OC(N)=O)c1cc(NC2CCCC2)nn2c(I)cnc12. The fourth-order valence-electron chi connectivity index (χ4n) is 4.05. The first-order valence-corrected chi connectivity index (χ1v) is 10.8. The van der Waals surface area contributed by atoms with Crippen molar-refractivity contribution >= 4 is 40.1 Å². The summed E-state index contributed by atoms with van der Waals surface area (Å²) < 4.78 is 48.7. The quantitative estimate of drug-likeness (QED) is 0.523. The van der Waals surface area contributed by atoms with E-state index in [4.69, 9.17) is 10.5 Å². The molecular formula is C19H25F3IN5O2. The Morgan fingerprint density at radius 1 is 1.33 bits per heavy atom. The van der Waals surface area contributed by atoms with Gasteiger partial charge < -0.3 is 15.8 Å². The molecule has 1 atom stereocenters. The standard InChI is InChI=1S/C19H25F3IN5O2/c1-17(2,3)18(30-16(24)29,10-19(20,21)22)12-8-14(26-11-6-4-5-7-11)27-28-13(23)9-25-15(12)28/h8-9,11H,4-7,10H2,1-3H3,(H2,24,29)(H,26,27). The molecule has 3 N–H and O–H groups in total. The first-order valence-electron chi connectivity index (χ1n) is 9.69. The Morgan fingerprint density at radius 3 is 2.50 bits per heavy atom. The summed E-state index contributed by atoms with van der Waals surface area (Å²) in [7, 11) is 0. The van der Waals surface area contributed by atoms with Gasteiger partial charge in [-0.2, -0.15) is 13.2 Å². The number of carbonyl (C=O) groups is 1. The number of alkyl halides is 3. The van der Waals surface area contributed by atoms with Gasteiger partial charge in [-0.15, -0.1) is 5.10 Å². The Balaban J connectivity index is 2.27. The third kappa shape index (κ3) is 4.59. The number of anilines is 1. The third-order valence-corrected chi connectivity index (χ3v) is 6.24. The molecule has 1 aliphatic rings. The highest BCUT2D eigenvalue weighted by atomic mass is 127. The molecule has 0 aromatic carbocycles. The second kappa shape index (κ2) is 8.04. The van der Waals surface area contributed by atoms with E-state index in [1.54, 1.807) is 20.8 Å². The fourth-order valence-corrected chi connectivity index (χ4v) is 4.53. The van der Waals surface area contributed by atoms with E-state index in [0.29, 0.717) is 9.52 Å². The van der Waals surface area contributed by atoms with Crippen LogP contribution in [0.1, 0.15) is 58.4 Å². The monoisotopic (exact) mass is 539 g/mol. The molecule has 0 saturated heterocycles. The van der Waals surface area contributed by atoms with E-state index < -0.39 is 29.7 Å². The highest BCUT2D eigenvalue weighted by Crippen LogP contribution is 2.51. The summed E-state index contributed by atoms with van der Waals surface area (Å²) in [5.74, 6) is 0.407. The number of amides is 1. The molecule has 0 aliphatic heterocycles. The second-order valence-corrected chi connectivity index (χ2v) is 9.78. The van der Waals surface area contributed by atoms with Crippen molar-refractivity contribution in [3.05, 3.63) is 21.5 Å². The van der Waals surface area contributed by atoms with Gasteiger partial charge in [0.05, 0.1) is 12.6 Å². The first kappa shape index (κ1) is 22.9. The number of ether oxygens (including phenoxy) is 1. The summed E-state index contributed by atoms with van der Waals surface area (Å²) in [5, 5.41) is 7.83. The zero-order valence-electron chi connectivity index (χ0n) is 17.0.